The molecule has 1 N–H and O–H groups in total. The number of hydrogen-bond donors (Lipinski definition) is 1. The SMILES string of the molecule is CCSC[C@@H](C)N(C)Cc1cc(=O)c(O)co1. The second-order valence-corrected chi connectivity index (χ2v) is 5.34. The van der Waals surface area contributed by atoms with Gasteiger partial charge in [-0.2, -0.15) is 11.8 Å². The summed E-state index contributed by atoms with van der Waals surface area (Å²) in [5, 5.41) is 9.08. The fourth-order valence-corrected chi connectivity index (χ4v) is 2.18. The molecule has 0 radical (unpaired) electrons. The zero-order valence-electron chi connectivity index (χ0n) is 10.5. The van der Waals surface area contributed by atoms with Crippen molar-refractivity contribution in [2.75, 3.05) is 18.6 Å². The Labute approximate surface area is 106 Å². The normalized spacial score (nSPS) is 12.9. The summed E-state index contributed by atoms with van der Waals surface area (Å²) in [5.41, 5.74) is -0.393. The summed E-state index contributed by atoms with van der Waals surface area (Å²) in [5.74, 6) is 2.39. The molecule has 0 saturated heterocycles. The molecule has 0 fully saturated rings. The van der Waals surface area contributed by atoms with E-state index in [2.05, 4.69) is 18.7 Å². The fraction of sp³-hybridized carbons (Fsp3) is 0.583. The summed E-state index contributed by atoms with van der Waals surface area (Å²) in [7, 11) is 1.99. The first-order valence-corrected chi connectivity index (χ1v) is 6.78. The molecule has 1 aromatic rings. The van der Waals surface area contributed by atoms with E-state index in [0.717, 1.165) is 17.8 Å². The summed E-state index contributed by atoms with van der Waals surface area (Å²) in [4.78, 5) is 13.4. The monoisotopic (exact) mass is 257 g/mol. The lowest BCUT2D eigenvalue weighted by atomic mass is 10.3. The van der Waals surface area contributed by atoms with Gasteiger partial charge in [0.15, 0.2) is 5.75 Å². The van der Waals surface area contributed by atoms with E-state index in [1.54, 1.807) is 0 Å². The Kier molecular flexibility index (Phi) is 5.58. The van der Waals surface area contributed by atoms with E-state index in [4.69, 9.17) is 9.52 Å². The Morgan fingerprint density at radius 1 is 1.59 bits per heavy atom. The molecule has 0 aromatic carbocycles. The lowest BCUT2D eigenvalue weighted by molar-refractivity contribution is 0.243. The van der Waals surface area contributed by atoms with Crippen molar-refractivity contribution >= 4 is 11.8 Å². The Morgan fingerprint density at radius 2 is 2.29 bits per heavy atom. The summed E-state index contributed by atoms with van der Waals surface area (Å²) in [6.45, 7) is 4.85. The largest absolute Gasteiger partial charge is 0.502 e. The summed E-state index contributed by atoms with van der Waals surface area (Å²) < 4.78 is 5.17. The van der Waals surface area contributed by atoms with Crippen LogP contribution in [0.5, 0.6) is 5.75 Å². The van der Waals surface area contributed by atoms with Crippen molar-refractivity contribution in [3.8, 4) is 5.75 Å². The third-order valence-electron chi connectivity index (χ3n) is 2.59. The Balaban J connectivity index is 2.58. The van der Waals surface area contributed by atoms with Gasteiger partial charge in [-0.1, -0.05) is 6.92 Å². The predicted octanol–water partition coefficient (Wildman–Crippen LogP) is 1.92. The number of thioether (sulfide) groups is 1. The standard InChI is InChI=1S/C12H19NO3S/c1-4-17-8-9(2)13(3)6-10-5-11(14)12(15)7-16-10/h5,7,9,15H,4,6,8H2,1-3H3/t9-/m1/s1. The van der Waals surface area contributed by atoms with Crippen LogP contribution in [-0.2, 0) is 6.54 Å². The number of rotatable bonds is 6. The van der Waals surface area contributed by atoms with E-state index in [9.17, 15) is 4.79 Å². The molecule has 96 valence electrons. The van der Waals surface area contributed by atoms with Crippen LogP contribution in [0.15, 0.2) is 21.5 Å². The highest BCUT2D eigenvalue weighted by Crippen LogP contribution is 2.11. The highest BCUT2D eigenvalue weighted by molar-refractivity contribution is 7.99. The van der Waals surface area contributed by atoms with E-state index >= 15 is 0 Å². The van der Waals surface area contributed by atoms with Crippen molar-refractivity contribution < 1.29 is 9.52 Å². The topological polar surface area (TPSA) is 53.7 Å². The van der Waals surface area contributed by atoms with E-state index in [1.807, 2.05) is 18.8 Å². The van der Waals surface area contributed by atoms with Crippen molar-refractivity contribution in [3.63, 3.8) is 0 Å². The fourth-order valence-electron chi connectivity index (χ4n) is 1.34. The summed E-state index contributed by atoms with van der Waals surface area (Å²) >= 11 is 1.89. The summed E-state index contributed by atoms with van der Waals surface area (Å²) in [6.07, 6.45) is 1.09. The van der Waals surface area contributed by atoms with Gasteiger partial charge in [-0.3, -0.25) is 9.69 Å². The van der Waals surface area contributed by atoms with Crippen LogP contribution in [0.4, 0.5) is 0 Å². The molecule has 0 aliphatic heterocycles. The van der Waals surface area contributed by atoms with E-state index in [0.29, 0.717) is 18.3 Å². The molecular formula is C12H19NO3S. The van der Waals surface area contributed by atoms with E-state index < -0.39 is 5.43 Å². The molecule has 1 rings (SSSR count). The van der Waals surface area contributed by atoms with E-state index in [-0.39, 0.29) is 5.75 Å². The molecule has 0 bridgehead atoms. The van der Waals surface area contributed by atoms with E-state index in [1.165, 1.54) is 6.07 Å². The lowest BCUT2D eigenvalue weighted by Crippen LogP contribution is -2.30. The van der Waals surface area contributed by atoms with Crippen LogP contribution < -0.4 is 5.43 Å². The molecule has 0 saturated carbocycles. The number of aromatic hydroxyl groups is 1. The third-order valence-corrected chi connectivity index (χ3v) is 3.71. The average Bonchev–Trinajstić information content (AvgIpc) is 2.30. The lowest BCUT2D eigenvalue weighted by Gasteiger charge is -2.23. The minimum atomic E-state index is -0.393. The van der Waals surface area contributed by atoms with Gasteiger partial charge in [0.1, 0.15) is 12.0 Å². The molecule has 4 nitrogen and oxygen atoms in total. The van der Waals surface area contributed by atoms with Gasteiger partial charge >= 0.3 is 0 Å². The van der Waals surface area contributed by atoms with Gasteiger partial charge in [0.2, 0.25) is 5.43 Å². The number of hydrogen-bond acceptors (Lipinski definition) is 5. The van der Waals surface area contributed by atoms with Crippen molar-refractivity contribution in [2.24, 2.45) is 0 Å². The van der Waals surface area contributed by atoms with Crippen LogP contribution in [0.25, 0.3) is 0 Å². The molecule has 1 atom stereocenters. The van der Waals surface area contributed by atoms with Gasteiger partial charge < -0.3 is 9.52 Å². The van der Waals surface area contributed by atoms with Crippen molar-refractivity contribution in [3.05, 3.63) is 28.3 Å². The van der Waals surface area contributed by atoms with Crippen LogP contribution in [0.2, 0.25) is 0 Å². The molecule has 0 aliphatic carbocycles. The molecule has 1 heterocycles. The Hall–Kier alpha value is -0.940. The van der Waals surface area contributed by atoms with Gasteiger partial charge in [-0.05, 0) is 19.7 Å². The van der Waals surface area contributed by atoms with Crippen molar-refractivity contribution in [1.29, 1.82) is 0 Å². The average molecular weight is 257 g/mol. The summed E-state index contributed by atoms with van der Waals surface area (Å²) in [6, 6.07) is 1.75. The second-order valence-electron chi connectivity index (χ2n) is 4.02. The van der Waals surface area contributed by atoms with Gasteiger partial charge in [0.05, 0.1) is 6.54 Å². The van der Waals surface area contributed by atoms with Crippen LogP contribution >= 0.6 is 11.8 Å². The van der Waals surface area contributed by atoms with Gasteiger partial charge in [0, 0.05) is 17.9 Å². The maximum absolute atomic E-state index is 11.2. The molecule has 0 spiro atoms. The number of nitrogens with zero attached hydrogens (tertiary/aromatic N) is 1. The maximum Gasteiger partial charge on any atom is 0.226 e. The van der Waals surface area contributed by atoms with Crippen molar-refractivity contribution in [1.82, 2.24) is 4.90 Å². The zero-order valence-corrected chi connectivity index (χ0v) is 11.3. The predicted molar refractivity (Wildman–Crippen MR) is 70.6 cm³/mol. The first kappa shape index (κ1) is 14.1. The smallest absolute Gasteiger partial charge is 0.226 e. The molecule has 0 unspecified atom stereocenters. The van der Waals surface area contributed by atoms with Gasteiger partial charge in [-0.15, -0.1) is 0 Å². The Morgan fingerprint density at radius 3 is 2.88 bits per heavy atom. The van der Waals surface area contributed by atoms with Crippen LogP contribution in [-0.4, -0.2) is 34.6 Å². The molecule has 17 heavy (non-hydrogen) atoms. The van der Waals surface area contributed by atoms with Gasteiger partial charge in [-0.25, -0.2) is 0 Å². The third kappa shape index (κ3) is 4.44. The van der Waals surface area contributed by atoms with Crippen LogP contribution in [0.3, 0.4) is 0 Å². The maximum atomic E-state index is 11.2. The van der Waals surface area contributed by atoms with Crippen molar-refractivity contribution in [2.45, 2.75) is 26.4 Å². The highest BCUT2D eigenvalue weighted by atomic mass is 32.2. The zero-order chi connectivity index (χ0) is 12.8. The highest BCUT2D eigenvalue weighted by Gasteiger charge is 2.11. The molecular weight excluding hydrogens is 238 g/mol. The van der Waals surface area contributed by atoms with Crippen LogP contribution in [0.1, 0.15) is 19.6 Å². The molecule has 5 heteroatoms. The first-order valence-electron chi connectivity index (χ1n) is 5.63. The molecule has 1 aromatic heterocycles. The first-order chi connectivity index (χ1) is 8.04. The second kappa shape index (κ2) is 6.71. The molecule has 0 aliphatic rings. The molecule has 0 amide bonds. The minimum absolute atomic E-state index is 0.342. The quantitative estimate of drug-likeness (QED) is 0.843. The Bertz CT molecular complexity index is 405. The minimum Gasteiger partial charge on any atom is -0.502 e. The van der Waals surface area contributed by atoms with Crippen LogP contribution in [0, 0.1) is 0 Å². The van der Waals surface area contributed by atoms with Gasteiger partial charge in [0.25, 0.3) is 0 Å².